The van der Waals surface area contributed by atoms with E-state index in [1.54, 1.807) is 43.1 Å². The largest absolute Gasteiger partial charge is 0.497 e. The first-order valence-electron chi connectivity index (χ1n) is 11.1. The Kier molecular flexibility index (Phi) is 6.20. The summed E-state index contributed by atoms with van der Waals surface area (Å²) < 4.78 is 18.3. The number of hydrogen-bond acceptors (Lipinski definition) is 7. The van der Waals surface area contributed by atoms with Crippen molar-refractivity contribution in [1.82, 2.24) is 4.57 Å². The fourth-order valence-corrected chi connectivity index (χ4v) is 5.05. The molecule has 3 heterocycles. The SMILES string of the molecule is CCOC(=O)C1=C(c2ccccc2)N=c2s/c(=C\c3ccco3)c(=O)n2[C@H]1c1cccc(OC)c1. The van der Waals surface area contributed by atoms with Crippen LogP contribution in [0.1, 0.15) is 29.9 Å². The van der Waals surface area contributed by atoms with E-state index >= 15 is 0 Å². The second-order valence-corrected chi connectivity index (χ2v) is 8.73. The van der Waals surface area contributed by atoms with E-state index in [-0.39, 0.29) is 12.2 Å². The summed E-state index contributed by atoms with van der Waals surface area (Å²) in [5.74, 6) is 0.644. The average Bonchev–Trinajstić information content (AvgIpc) is 3.51. The third-order valence-corrected chi connectivity index (χ3v) is 6.58. The number of carbonyl (C=O) groups is 1. The molecular weight excluding hydrogens is 464 g/mol. The van der Waals surface area contributed by atoms with Gasteiger partial charge in [-0.3, -0.25) is 9.36 Å². The molecule has 4 aromatic rings. The molecule has 0 N–H and O–H groups in total. The van der Waals surface area contributed by atoms with Crippen LogP contribution in [0.25, 0.3) is 11.8 Å². The van der Waals surface area contributed by atoms with Gasteiger partial charge in [-0.1, -0.05) is 53.8 Å². The lowest BCUT2D eigenvalue weighted by Crippen LogP contribution is -2.40. The van der Waals surface area contributed by atoms with Crippen molar-refractivity contribution < 1.29 is 18.7 Å². The van der Waals surface area contributed by atoms with Crippen LogP contribution in [0.5, 0.6) is 5.75 Å². The third kappa shape index (κ3) is 4.24. The van der Waals surface area contributed by atoms with E-state index in [1.807, 2.05) is 54.6 Å². The first kappa shape index (κ1) is 22.6. The summed E-state index contributed by atoms with van der Waals surface area (Å²) in [7, 11) is 1.57. The normalized spacial score (nSPS) is 15.5. The summed E-state index contributed by atoms with van der Waals surface area (Å²) in [5.41, 5.74) is 1.96. The van der Waals surface area contributed by atoms with Gasteiger partial charge in [-0.15, -0.1) is 0 Å². The Morgan fingerprint density at radius 2 is 1.97 bits per heavy atom. The monoisotopic (exact) mass is 486 g/mol. The van der Waals surface area contributed by atoms with E-state index in [0.717, 1.165) is 5.56 Å². The number of aromatic nitrogens is 1. The van der Waals surface area contributed by atoms with Crippen molar-refractivity contribution in [2.24, 2.45) is 4.99 Å². The Labute approximate surface area is 204 Å². The summed E-state index contributed by atoms with van der Waals surface area (Å²) in [6, 6.07) is 19.5. The van der Waals surface area contributed by atoms with Gasteiger partial charge in [0.2, 0.25) is 0 Å². The average molecular weight is 487 g/mol. The maximum atomic E-state index is 13.7. The molecule has 1 aliphatic heterocycles. The zero-order valence-corrected chi connectivity index (χ0v) is 20.0. The number of nitrogens with zero attached hydrogens (tertiary/aromatic N) is 2. The van der Waals surface area contributed by atoms with Gasteiger partial charge in [-0.2, -0.15) is 0 Å². The van der Waals surface area contributed by atoms with E-state index in [1.165, 1.54) is 11.3 Å². The molecule has 0 radical (unpaired) electrons. The number of rotatable bonds is 6. The van der Waals surface area contributed by atoms with Gasteiger partial charge in [-0.05, 0) is 36.8 Å². The summed E-state index contributed by atoms with van der Waals surface area (Å²) >= 11 is 1.24. The number of ether oxygens (including phenoxy) is 2. The number of esters is 1. The van der Waals surface area contributed by atoms with E-state index in [2.05, 4.69) is 0 Å². The highest BCUT2D eigenvalue weighted by Crippen LogP contribution is 2.36. The molecule has 1 aliphatic rings. The number of methoxy groups -OCH3 is 1. The molecule has 2 aromatic carbocycles. The lowest BCUT2D eigenvalue weighted by atomic mass is 9.93. The maximum absolute atomic E-state index is 13.7. The van der Waals surface area contributed by atoms with Crippen LogP contribution in [0.4, 0.5) is 0 Å². The highest BCUT2D eigenvalue weighted by molar-refractivity contribution is 7.07. The fraction of sp³-hybridized carbons (Fsp3) is 0.148. The van der Waals surface area contributed by atoms with Gasteiger partial charge in [0.1, 0.15) is 11.5 Å². The number of thiazole rings is 1. The molecule has 0 aliphatic carbocycles. The molecule has 0 saturated carbocycles. The molecule has 0 spiro atoms. The molecule has 0 saturated heterocycles. The highest BCUT2D eigenvalue weighted by Gasteiger charge is 2.35. The molecule has 1 atom stereocenters. The minimum absolute atomic E-state index is 0.193. The number of hydrogen-bond donors (Lipinski definition) is 0. The Morgan fingerprint density at radius 3 is 2.69 bits per heavy atom. The lowest BCUT2D eigenvalue weighted by molar-refractivity contribution is -0.138. The molecule has 0 fully saturated rings. The van der Waals surface area contributed by atoms with Gasteiger partial charge < -0.3 is 13.9 Å². The molecule has 8 heteroatoms. The van der Waals surface area contributed by atoms with Crippen molar-refractivity contribution in [2.75, 3.05) is 13.7 Å². The van der Waals surface area contributed by atoms with Crippen LogP contribution in [0.15, 0.2) is 92.8 Å². The quantitative estimate of drug-likeness (QED) is 0.390. The van der Waals surface area contributed by atoms with Crippen molar-refractivity contribution in [3.8, 4) is 5.75 Å². The van der Waals surface area contributed by atoms with Crippen LogP contribution >= 0.6 is 11.3 Å². The van der Waals surface area contributed by atoms with Crippen LogP contribution < -0.4 is 19.6 Å². The van der Waals surface area contributed by atoms with Crippen LogP contribution in [0.3, 0.4) is 0 Å². The predicted molar refractivity (Wildman–Crippen MR) is 133 cm³/mol. The molecule has 0 bridgehead atoms. The summed E-state index contributed by atoms with van der Waals surface area (Å²) in [6.45, 7) is 1.94. The first-order valence-corrected chi connectivity index (χ1v) is 11.9. The molecule has 7 nitrogen and oxygen atoms in total. The second-order valence-electron chi connectivity index (χ2n) is 7.72. The predicted octanol–water partition coefficient (Wildman–Crippen LogP) is 3.54. The molecule has 35 heavy (non-hydrogen) atoms. The van der Waals surface area contributed by atoms with Gasteiger partial charge in [0.15, 0.2) is 4.80 Å². The van der Waals surface area contributed by atoms with Crippen molar-refractivity contribution in [3.63, 3.8) is 0 Å². The Morgan fingerprint density at radius 1 is 1.14 bits per heavy atom. The smallest absolute Gasteiger partial charge is 0.338 e. The van der Waals surface area contributed by atoms with E-state index in [4.69, 9.17) is 18.9 Å². The minimum atomic E-state index is -0.755. The molecule has 2 aromatic heterocycles. The van der Waals surface area contributed by atoms with Crippen LogP contribution in [-0.4, -0.2) is 24.3 Å². The van der Waals surface area contributed by atoms with Crippen LogP contribution in [0.2, 0.25) is 0 Å². The van der Waals surface area contributed by atoms with E-state index in [9.17, 15) is 9.59 Å². The van der Waals surface area contributed by atoms with Crippen molar-refractivity contribution in [3.05, 3.63) is 115 Å². The standard InChI is InChI=1S/C27H22N2O5S/c1-3-33-26(31)22-23(17-9-5-4-6-10-17)28-27-29(24(22)18-11-7-12-19(15-18)32-2)25(30)21(35-27)16-20-13-8-14-34-20/h4-16,24H,3H2,1-2H3/b21-16-/t24-/m0/s1. The maximum Gasteiger partial charge on any atom is 0.338 e. The molecule has 0 unspecified atom stereocenters. The molecule has 5 rings (SSSR count). The van der Waals surface area contributed by atoms with E-state index in [0.29, 0.717) is 37.7 Å². The number of carbonyl (C=O) groups excluding carboxylic acids is 1. The highest BCUT2D eigenvalue weighted by atomic mass is 32.1. The molecule has 176 valence electrons. The van der Waals surface area contributed by atoms with Crippen LogP contribution in [0, 0.1) is 0 Å². The summed E-state index contributed by atoms with van der Waals surface area (Å²) in [5, 5.41) is 0. The van der Waals surface area contributed by atoms with Gasteiger partial charge in [0.05, 0.1) is 41.8 Å². The second kappa shape index (κ2) is 9.60. The Hall–Kier alpha value is -4.17. The van der Waals surface area contributed by atoms with Crippen LogP contribution in [-0.2, 0) is 9.53 Å². The Balaban J connectivity index is 1.85. The van der Waals surface area contributed by atoms with Gasteiger partial charge in [0.25, 0.3) is 5.56 Å². The topological polar surface area (TPSA) is 83.0 Å². The van der Waals surface area contributed by atoms with Gasteiger partial charge in [0, 0.05) is 11.6 Å². The van der Waals surface area contributed by atoms with Crippen molar-refractivity contribution >= 4 is 29.1 Å². The Bertz CT molecular complexity index is 1580. The first-order chi connectivity index (χ1) is 17.1. The molecule has 0 amide bonds. The van der Waals surface area contributed by atoms with Crippen molar-refractivity contribution in [1.29, 1.82) is 0 Å². The summed E-state index contributed by atoms with van der Waals surface area (Å²) in [4.78, 5) is 32.4. The summed E-state index contributed by atoms with van der Waals surface area (Å²) in [6.07, 6.45) is 3.23. The molecular formula is C27H22N2O5S. The number of furan rings is 1. The van der Waals surface area contributed by atoms with E-state index < -0.39 is 12.0 Å². The zero-order chi connectivity index (χ0) is 24.4. The zero-order valence-electron chi connectivity index (χ0n) is 19.1. The van der Waals surface area contributed by atoms with Crippen molar-refractivity contribution in [2.45, 2.75) is 13.0 Å². The number of benzene rings is 2. The lowest BCUT2D eigenvalue weighted by Gasteiger charge is -2.26. The number of fused-ring (bicyclic) bond motifs is 1. The minimum Gasteiger partial charge on any atom is -0.497 e. The van der Waals surface area contributed by atoms with Gasteiger partial charge in [-0.25, -0.2) is 9.79 Å². The third-order valence-electron chi connectivity index (χ3n) is 5.60. The fourth-order valence-electron chi connectivity index (χ4n) is 4.07. The van der Waals surface area contributed by atoms with Gasteiger partial charge >= 0.3 is 5.97 Å².